The number of amides is 1. The third kappa shape index (κ3) is 5.65. The summed E-state index contributed by atoms with van der Waals surface area (Å²) in [6.07, 6.45) is 8.29. The molecule has 9 nitrogen and oxygen atoms in total. The Balaban J connectivity index is 1.31. The summed E-state index contributed by atoms with van der Waals surface area (Å²) in [5.74, 6) is 1.26. The van der Waals surface area contributed by atoms with Crippen LogP contribution in [0.5, 0.6) is 5.75 Å². The van der Waals surface area contributed by atoms with Crippen LogP contribution in [0.15, 0.2) is 49.1 Å². The topological polar surface area (TPSA) is 108 Å². The molecule has 0 saturated carbocycles. The summed E-state index contributed by atoms with van der Waals surface area (Å²) in [7, 11) is 0. The van der Waals surface area contributed by atoms with Crippen LogP contribution in [0.2, 0.25) is 5.02 Å². The first kappa shape index (κ1) is 27.1. The summed E-state index contributed by atoms with van der Waals surface area (Å²) >= 11 is 8.57. The van der Waals surface area contributed by atoms with Gasteiger partial charge in [0.25, 0.3) is 5.91 Å². The van der Waals surface area contributed by atoms with Gasteiger partial charge in [0, 0.05) is 28.6 Å². The van der Waals surface area contributed by atoms with E-state index in [2.05, 4.69) is 50.9 Å². The normalized spacial score (nSPS) is 14.7. The second-order valence-corrected chi connectivity index (χ2v) is 11.3. The molecule has 1 aromatic carbocycles. The summed E-state index contributed by atoms with van der Waals surface area (Å²) in [5.41, 5.74) is 3.52. The minimum absolute atomic E-state index is 0.147. The second-order valence-electron chi connectivity index (χ2n) is 9.78. The van der Waals surface area contributed by atoms with Gasteiger partial charge in [0.15, 0.2) is 0 Å². The van der Waals surface area contributed by atoms with Crippen LogP contribution in [-0.4, -0.2) is 55.2 Å². The van der Waals surface area contributed by atoms with E-state index >= 15 is 0 Å². The Kier molecular flexibility index (Phi) is 7.91. The van der Waals surface area contributed by atoms with Gasteiger partial charge >= 0.3 is 0 Å². The molecule has 1 aliphatic rings. The van der Waals surface area contributed by atoms with Crippen LogP contribution < -0.4 is 15.0 Å². The van der Waals surface area contributed by atoms with Crippen LogP contribution in [-0.2, 0) is 0 Å². The third-order valence-corrected chi connectivity index (χ3v) is 7.78. The van der Waals surface area contributed by atoms with Crippen molar-refractivity contribution in [3.05, 3.63) is 70.8 Å². The van der Waals surface area contributed by atoms with Crippen molar-refractivity contribution in [2.24, 2.45) is 0 Å². The highest BCUT2D eigenvalue weighted by molar-refractivity contribution is 14.1. The van der Waals surface area contributed by atoms with Crippen molar-refractivity contribution in [1.29, 1.82) is 5.26 Å². The molecular formula is C28H27ClIN7O2. The van der Waals surface area contributed by atoms with Crippen molar-refractivity contribution >= 4 is 51.4 Å². The largest absolute Gasteiger partial charge is 0.491 e. The molecular weight excluding hydrogens is 629 g/mol. The fourth-order valence-corrected chi connectivity index (χ4v) is 5.37. The van der Waals surface area contributed by atoms with Gasteiger partial charge in [-0.1, -0.05) is 46.3 Å². The number of hydrogen-bond donors (Lipinski definition) is 1. The van der Waals surface area contributed by atoms with E-state index in [1.807, 2.05) is 25.1 Å². The van der Waals surface area contributed by atoms with E-state index in [1.54, 1.807) is 35.4 Å². The van der Waals surface area contributed by atoms with Gasteiger partial charge in [-0.3, -0.25) is 9.78 Å². The molecule has 1 fully saturated rings. The highest BCUT2D eigenvalue weighted by Crippen LogP contribution is 2.31. The lowest BCUT2D eigenvalue weighted by Crippen LogP contribution is -2.53. The van der Waals surface area contributed by atoms with E-state index in [1.165, 1.54) is 0 Å². The van der Waals surface area contributed by atoms with Gasteiger partial charge in [0.1, 0.15) is 17.6 Å². The Bertz CT molecular complexity index is 1540. The van der Waals surface area contributed by atoms with E-state index in [0.29, 0.717) is 39.7 Å². The van der Waals surface area contributed by atoms with E-state index < -0.39 is 0 Å². The molecule has 4 aromatic rings. The number of halogens is 2. The molecule has 1 amide bonds. The number of carbonyl (C=O) groups is 1. The zero-order valence-electron chi connectivity index (χ0n) is 21.6. The molecule has 11 heteroatoms. The number of aromatic nitrogens is 4. The van der Waals surface area contributed by atoms with Gasteiger partial charge < -0.3 is 15.0 Å². The first-order valence-electron chi connectivity index (χ1n) is 12.6. The number of pyridine rings is 1. The lowest BCUT2D eigenvalue weighted by Gasteiger charge is -2.40. The minimum Gasteiger partial charge on any atom is -0.491 e. The van der Waals surface area contributed by atoms with E-state index in [-0.39, 0.29) is 11.4 Å². The summed E-state index contributed by atoms with van der Waals surface area (Å²) in [6.45, 7) is 5.96. The number of benzene rings is 1. The molecule has 0 spiro atoms. The lowest BCUT2D eigenvalue weighted by molar-refractivity contribution is 0.0891. The molecule has 0 unspecified atom stereocenters. The third-order valence-electron chi connectivity index (χ3n) is 7.02. The van der Waals surface area contributed by atoms with Crippen molar-refractivity contribution in [3.63, 3.8) is 0 Å². The number of hydrogen-bond acceptors (Lipinski definition) is 7. The Hall–Kier alpha value is -3.43. The molecule has 5 rings (SSSR count). The number of piperidine rings is 1. The van der Waals surface area contributed by atoms with Crippen LogP contribution in [0, 0.1) is 18.3 Å². The second kappa shape index (κ2) is 11.4. The average molecular weight is 656 g/mol. The molecule has 1 saturated heterocycles. The highest BCUT2D eigenvalue weighted by atomic mass is 127. The van der Waals surface area contributed by atoms with E-state index in [9.17, 15) is 10.1 Å². The zero-order chi connectivity index (χ0) is 27.6. The van der Waals surface area contributed by atoms with Gasteiger partial charge in [0.2, 0.25) is 0 Å². The highest BCUT2D eigenvalue weighted by Gasteiger charge is 2.33. The van der Waals surface area contributed by atoms with Crippen molar-refractivity contribution < 1.29 is 9.53 Å². The first-order chi connectivity index (χ1) is 18.8. The number of ether oxygens (including phenoxy) is 1. The molecule has 200 valence electrons. The van der Waals surface area contributed by atoms with Crippen molar-refractivity contribution in [2.75, 3.05) is 29.0 Å². The number of rotatable bonds is 7. The molecule has 0 bridgehead atoms. The SMILES string of the molecule is Cc1cccc(Cl)c1C(=O)NC1(C)CCN(c2cnc(-c3cc(OCCI)cn4ncc(C#N)c34)cn2)CC1. The van der Waals surface area contributed by atoms with Crippen LogP contribution in [0.1, 0.15) is 41.3 Å². The molecule has 1 aliphatic heterocycles. The maximum Gasteiger partial charge on any atom is 0.253 e. The number of nitrogens with one attached hydrogen (secondary N) is 1. The number of anilines is 1. The predicted octanol–water partition coefficient (Wildman–Crippen LogP) is 5.23. The fraction of sp³-hybridized carbons (Fsp3) is 0.321. The van der Waals surface area contributed by atoms with Crippen LogP contribution in [0.4, 0.5) is 5.82 Å². The summed E-state index contributed by atoms with van der Waals surface area (Å²) in [4.78, 5) is 24.6. The number of alkyl halides is 1. The number of carbonyl (C=O) groups excluding carboxylic acids is 1. The Morgan fingerprint density at radius 1 is 1.26 bits per heavy atom. The molecule has 1 N–H and O–H groups in total. The Labute approximate surface area is 245 Å². The molecule has 39 heavy (non-hydrogen) atoms. The van der Waals surface area contributed by atoms with Gasteiger partial charge in [-0.2, -0.15) is 10.4 Å². The zero-order valence-corrected chi connectivity index (χ0v) is 24.5. The van der Waals surface area contributed by atoms with Crippen molar-refractivity contribution in [2.45, 2.75) is 32.2 Å². The van der Waals surface area contributed by atoms with Crippen LogP contribution in [0.3, 0.4) is 0 Å². The maximum atomic E-state index is 13.0. The van der Waals surface area contributed by atoms with Crippen LogP contribution in [0.25, 0.3) is 16.8 Å². The average Bonchev–Trinajstić information content (AvgIpc) is 3.35. The number of aryl methyl sites for hydroxylation is 1. The molecule has 0 radical (unpaired) electrons. The van der Waals surface area contributed by atoms with Crippen molar-refractivity contribution in [3.8, 4) is 23.1 Å². The quantitative estimate of drug-likeness (QED) is 0.215. The Morgan fingerprint density at radius 2 is 2.05 bits per heavy atom. The lowest BCUT2D eigenvalue weighted by atomic mass is 9.89. The van der Waals surface area contributed by atoms with Gasteiger partial charge in [-0.05, 0) is 44.4 Å². The molecule has 0 aliphatic carbocycles. The van der Waals surface area contributed by atoms with E-state index in [0.717, 1.165) is 47.3 Å². The van der Waals surface area contributed by atoms with Gasteiger partial charge in [-0.15, -0.1) is 0 Å². The minimum atomic E-state index is -0.355. The monoisotopic (exact) mass is 655 g/mol. The predicted molar refractivity (Wildman–Crippen MR) is 159 cm³/mol. The van der Waals surface area contributed by atoms with Gasteiger partial charge in [0.05, 0.1) is 58.8 Å². The van der Waals surface area contributed by atoms with Crippen LogP contribution >= 0.6 is 34.2 Å². The number of fused-ring (bicyclic) bond motifs is 1. The molecule has 4 heterocycles. The fourth-order valence-electron chi connectivity index (χ4n) is 4.84. The summed E-state index contributed by atoms with van der Waals surface area (Å²) < 4.78 is 8.33. The smallest absolute Gasteiger partial charge is 0.253 e. The maximum absolute atomic E-state index is 13.0. The Morgan fingerprint density at radius 3 is 2.72 bits per heavy atom. The summed E-state index contributed by atoms with van der Waals surface area (Å²) in [5, 5.41) is 17.6. The summed E-state index contributed by atoms with van der Waals surface area (Å²) in [6, 6.07) is 9.56. The first-order valence-corrected chi connectivity index (χ1v) is 14.5. The molecule has 3 aromatic heterocycles. The molecule has 0 atom stereocenters. The van der Waals surface area contributed by atoms with Gasteiger partial charge in [-0.25, -0.2) is 9.50 Å². The number of nitrogens with zero attached hydrogens (tertiary/aromatic N) is 6. The van der Waals surface area contributed by atoms with E-state index in [4.69, 9.17) is 26.3 Å². The standard InChI is InChI=1S/C28H27ClIN7O2/c1-18-4-3-5-22(29)25(18)27(38)35-28(2)6-9-36(10-7-28)24-16-32-23(15-33-24)21-12-20(39-11-8-30)17-37-26(21)19(13-31)14-34-37/h3-5,12,14-17H,6-11H2,1-2H3,(H,35,38). The number of nitriles is 1. The van der Waals surface area contributed by atoms with Crippen molar-refractivity contribution in [1.82, 2.24) is 24.9 Å².